The Morgan fingerprint density at radius 3 is 2.57 bits per heavy atom. The molecule has 0 spiro atoms. The predicted molar refractivity (Wildman–Crippen MR) is 56.2 cm³/mol. The van der Waals surface area contributed by atoms with Crippen LogP contribution in [-0.4, -0.2) is 28.2 Å². The van der Waals surface area contributed by atoms with Crippen LogP contribution in [0.15, 0.2) is 6.20 Å². The van der Waals surface area contributed by atoms with Crippen LogP contribution in [0.4, 0.5) is 5.95 Å². The van der Waals surface area contributed by atoms with Gasteiger partial charge in [-0.2, -0.15) is 0 Å². The Hall–Kier alpha value is -1.16. The Labute approximate surface area is 84.6 Å². The highest BCUT2D eigenvalue weighted by molar-refractivity contribution is 5.32. The van der Waals surface area contributed by atoms with E-state index in [9.17, 15) is 0 Å². The van der Waals surface area contributed by atoms with E-state index < -0.39 is 0 Å². The lowest BCUT2D eigenvalue weighted by Crippen LogP contribution is -2.27. The topological polar surface area (TPSA) is 49.2 Å². The van der Waals surface area contributed by atoms with Crippen molar-refractivity contribution in [2.45, 2.75) is 33.4 Å². The van der Waals surface area contributed by atoms with Gasteiger partial charge in [0.15, 0.2) is 0 Å². The number of hydrogen-bond donors (Lipinski definition) is 1. The molecule has 4 nitrogen and oxygen atoms in total. The number of aromatic nitrogens is 2. The van der Waals surface area contributed by atoms with Crippen molar-refractivity contribution in [2.75, 3.05) is 11.9 Å². The quantitative estimate of drug-likeness (QED) is 0.785. The maximum absolute atomic E-state index is 8.96. The largest absolute Gasteiger partial charge is 0.392 e. The number of anilines is 1. The zero-order valence-electron chi connectivity index (χ0n) is 9.15. The van der Waals surface area contributed by atoms with Gasteiger partial charge in [0, 0.05) is 30.5 Å². The zero-order chi connectivity index (χ0) is 10.7. The lowest BCUT2D eigenvalue weighted by atomic mass is 10.2. The first kappa shape index (κ1) is 10.9. The fraction of sp³-hybridized carbons (Fsp3) is 0.600. The van der Waals surface area contributed by atoms with Gasteiger partial charge in [-0.15, -0.1) is 0 Å². The molecule has 14 heavy (non-hydrogen) atoms. The Bertz CT molecular complexity index is 312. The number of aryl methyl sites for hydroxylation is 1. The molecule has 1 aromatic rings. The Kier molecular flexibility index (Phi) is 3.41. The summed E-state index contributed by atoms with van der Waals surface area (Å²) >= 11 is 0. The molecule has 78 valence electrons. The van der Waals surface area contributed by atoms with Crippen molar-refractivity contribution in [3.8, 4) is 0 Å². The molecule has 0 radical (unpaired) electrons. The van der Waals surface area contributed by atoms with Gasteiger partial charge in [-0.1, -0.05) is 0 Å². The van der Waals surface area contributed by atoms with Crippen molar-refractivity contribution in [3.63, 3.8) is 0 Å². The summed E-state index contributed by atoms with van der Waals surface area (Å²) in [5.41, 5.74) is 1.62. The normalized spacial score (nSPS) is 10.7. The fourth-order valence-corrected chi connectivity index (χ4v) is 1.04. The van der Waals surface area contributed by atoms with Gasteiger partial charge in [-0.3, -0.25) is 0 Å². The third-order valence-electron chi connectivity index (χ3n) is 2.33. The zero-order valence-corrected chi connectivity index (χ0v) is 9.15. The molecule has 1 N–H and O–H groups in total. The predicted octanol–water partition coefficient (Wildman–Crippen LogP) is 1.12. The molecular formula is C10H17N3O. The van der Waals surface area contributed by atoms with Crippen molar-refractivity contribution in [3.05, 3.63) is 17.5 Å². The van der Waals surface area contributed by atoms with E-state index in [0.717, 1.165) is 11.3 Å². The Morgan fingerprint density at radius 2 is 2.14 bits per heavy atom. The summed E-state index contributed by atoms with van der Waals surface area (Å²) < 4.78 is 0. The fourth-order valence-electron chi connectivity index (χ4n) is 1.04. The molecule has 0 amide bonds. The average molecular weight is 195 g/mol. The molecule has 1 aromatic heterocycles. The number of aliphatic hydroxyl groups excluding tert-OH is 1. The molecule has 0 aliphatic heterocycles. The summed E-state index contributed by atoms with van der Waals surface area (Å²) in [5, 5.41) is 8.96. The summed E-state index contributed by atoms with van der Waals surface area (Å²) in [4.78, 5) is 10.5. The van der Waals surface area contributed by atoms with E-state index in [-0.39, 0.29) is 6.61 Å². The molecule has 0 aliphatic carbocycles. The van der Waals surface area contributed by atoms with Crippen LogP contribution in [0, 0.1) is 6.92 Å². The minimum Gasteiger partial charge on any atom is -0.392 e. The van der Waals surface area contributed by atoms with Crippen molar-refractivity contribution in [1.29, 1.82) is 0 Å². The van der Waals surface area contributed by atoms with E-state index in [2.05, 4.69) is 23.8 Å². The Balaban J connectivity index is 2.96. The van der Waals surface area contributed by atoms with E-state index in [1.807, 2.05) is 18.9 Å². The monoisotopic (exact) mass is 195 g/mol. The van der Waals surface area contributed by atoms with E-state index in [1.54, 1.807) is 6.20 Å². The van der Waals surface area contributed by atoms with Gasteiger partial charge in [0.1, 0.15) is 0 Å². The van der Waals surface area contributed by atoms with Crippen molar-refractivity contribution < 1.29 is 5.11 Å². The first-order valence-corrected chi connectivity index (χ1v) is 4.72. The number of nitrogens with zero attached hydrogens (tertiary/aromatic N) is 3. The SMILES string of the molecule is Cc1nc(N(C)C(C)C)ncc1CO. The van der Waals surface area contributed by atoms with Crippen LogP contribution >= 0.6 is 0 Å². The molecular weight excluding hydrogens is 178 g/mol. The molecule has 0 fully saturated rings. The second-order valence-corrected chi connectivity index (χ2v) is 3.64. The van der Waals surface area contributed by atoms with Crippen molar-refractivity contribution in [2.24, 2.45) is 0 Å². The summed E-state index contributed by atoms with van der Waals surface area (Å²) in [6, 6.07) is 0.370. The van der Waals surface area contributed by atoms with Crippen LogP contribution in [0.5, 0.6) is 0 Å². The van der Waals surface area contributed by atoms with Crippen molar-refractivity contribution in [1.82, 2.24) is 9.97 Å². The van der Waals surface area contributed by atoms with Crippen LogP contribution in [0.3, 0.4) is 0 Å². The molecule has 1 heterocycles. The molecule has 0 atom stereocenters. The highest BCUT2D eigenvalue weighted by atomic mass is 16.3. The lowest BCUT2D eigenvalue weighted by molar-refractivity contribution is 0.280. The van der Waals surface area contributed by atoms with Gasteiger partial charge >= 0.3 is 0 Å². The van der Waals surface area contributed by atoms with Crippen LogP contribution in [-0.2, 0) is 6.61 Å². The van der Waals surface area contributed by atoms with Gasteiger partial charge in [0.25, 0.3) is 0 Å². The molecule has 0 unspecified atom stereocenters. The first-order chi connectivity index (χ1) is 6.56. The molecule has 0 saturated heterocycles. The standard InChI is InChI=1S/C10H17N3O/c1-7(2)13(4)10-11-5-9(6-14)8(3)12-10/h5,7,14H,6H2,1-4H3. The molecule has 0 aromatic carbocycles. The van der Waals surface area contributed by atoms with Gasteiger partial charge in [0.05, 0.1) is 6.61 Å². The summed E-state index contributed by atoms with van der Waals surface area (Å²) in [7, 11) is 1.96. The number of hydrogen-bond acceptors (Lipinski definition) is 4. The number of rotatable bonds is 3. The van der Waals surface area contributed by atoms with Gasteiger partial charge in [0.2, 0.25) is 5.95 Å². The van der Waals surface area contributed by atoms with Crippen LogP contribution in [0.1, 0.15) is 25.1 Å². The summed E-state index contributed by atoms with van der Waals surface area (Å²) in [6.45, 7) is 6.04. The summed E-state index contributed by atoms with van der Waals surface area (Å²) in [5.74, 6) is 0.703. The highest BCUT2D eigenvalue weighted by Crippen LogP contribution is 2.11. The summed E-state index contributed by atoms with van der Waals surface area (Å²) in [6.07, 6.45) is 1.68. The smallest absolute Gasteiger partial charge is 0.225 e. The van der Waals surface area contributed by atoms with Gasteiger partial charge < -0.3 is 10.0 Å². The lowest BCUT2D eigenvalue weighted by Gasteiger charge is -2.21. The van der Waals surface area contributed by atoms with Crippen LogP contribution in [0.25, 0.3) is 0 Å². The minimum absolute atomic E-state index is 0.00247. The highest BCUT2D eigenvalue weighted by Gasteiger charge is 2.09. The van der Waals surface area contributed by atoms with E-state index in [1.165, 1.54) is 0 Å². The van der Waals surface area contributed by atoms with Crippen LogP contribution in [0.2, 0.25) is 0 Å². The molecule has 0 aliphatic rings. The molecule has 1 rings (SSSR count). The second kappa shape index (κ2) is 4.37. The van der Waals surface area contributed by atoms with E-state index in [0.29, 0.717) is 12.0 Å². The van der Waals surface area contributed by atoms with E-state index >= 15 is 0 Å². The average Bonchev–Trinajstić information content (AvgIpc) is 2.16. The first-order valence-electron chi connectivity index (χ1n) is 4.72. The van der Waals surface area contributed by atoms with Crippen molar-refractivity contribution >= 4 is 5.95 Å². The molecule has 4 heteroatoms. The maximum Gasteiger partial charge on any atom is 0.225 e. The number of aliphatic hydroxyl groups is 1. The molecule has 0 bridgehead atoms. The molecule has 0 saturated carbocycles. The third kappa shape index (κ3) is 2.20. The van der Waals surface area contributed by atoms with Crippen LogP contribution < -0.4 is 4.90 Å². The minimum atomic E-state index is -0.00247. The third-order valence-corrected chi connectivity index (χ3v) is 2.33. The van der Waals surface area contributed by atoms with Gasteiger partial charge in [-0.05, 0) is 20.8 Å². The second-order valence-electron chi connectivity index (χ2n) is 3.64. The van der Waals surface area contributed by atoms with E-state index in [4.69, 9.17) is 5.11 Å². The maximum atomic E-state index is 8.96. The Morgan fingerprint density at radius 1 is 1.50 bits per heavy atom. The van der Waals surface area contributed by atoms with Gasteiger partial charge in [-0.25, -0.2) is 9.97 Å².